The number of rotatable bonds is 5. The minimum atomic E-state index is -0.348. The van der Waals surface area contributed by atoms with Gasteiger partial charge >= 0.3 is 5.97 Å². The molecule has 0 radical (unpaired) electrons. The molecule has 24 heavy (non-hydrogen) atoms. The molecule has 2 aromatic carbocycles. The van der Waals surface area contributed by atoms with Crippen molar-refractivity contribution in [3.05, 3.63) is 71.3 Å². The van der Waals surface area contributed by atoms with Crippen LogP contribution in [-0.4, -0.2) is 18.6 Å². The van der Waals surface area contributed by atoms with Gasteiger partial charge in [0.1, 0.15) is 0 Å². The lowest BCUT2D eigenvalue weighted by molar-refractivity contribution is 0.0600. The van der Waals surface area contributed by atoms with Gasteiger partial charge in [-0.1, -0.05) is 55.2 Å². The van der Waals surface area contributed by atoms with Crippen LogP contribution >= 0.6 is 0 Å². The van der Waals surface area contributed by atoms with Crippen molar-refractivity contribution < 1.29 is 9.53 Å². The minimum absolute atomic E-state index is 0.295. The first-order valence-corrected chi connectivity index (χ1v) is 8.07. The van der Waals surface area contributed by atoms with Crippen LogP contribution in [0.5, 0.6) is 0 Å². The zero-order valence-electron chi connectivity index (χ0n) is 14.4. The number of benzene rings is 2. The Hall–Kier alpha value is -2.57. The summed E-state index contributed by atoms with van der Waals surface area (Å²) < 4.78 is 4.75. The molecule has 124 valence electrons. The van der Waals surface area contributed by atoms with Crippen LogP contribution in [0.2, 0.25) is 0 Å². The molecule has 1 unspecified atom stereocenters. The number of methoxy groups -OCH3 is 1. The van der Waals surface area contributed by atoms with Gasteiger partial charge in [-0.2, -0.15) is 0 Å². The zero-order chi connectivity index (χ0) is 17.4. The van der Waals surface area contributed by atoms with E-state index < -0.39 is 0 Å². The fourth-order valence-corrected chi connectivity index (χ4v) is 2.20. The quantitative estimate of drug-likeness (QED) is 0.673. The summed E-state index contributed by atoms with van der Waals surface area (Å²) in [5, 5.41) is 3.52. The summed E-state index contributed by atoms with van der Waals surface area (Å²) in [6.07, 6.45) is 0.878. The predicted molar refractivity (Wildman–Crippen MR) is 96.6 cm³/mol. The molecular formula is C21H23NO2. The van der Waals surface area contributed by atoms with E-state index in [1.165, 1.54) is 12.7 Å². The number of carbonyl (C=O) groups is 1. The Balaban J connectivity index is 2.12. The monoisotopic (exact) mass is 321 g/mol. The molecule has 0 saturated carbocycles. The first-order valence-electron chi connectivity index (χ1n) is 8.07. The number of carbonyl (C=O) groups excluding carboxylic acids is 1. The van der Waals surface area contributed by atoms with Gasteiger partial charge in [0.2, 0.25) is 0 Å². The lowest BCUT2D eigenvalue weighted by atomic mass is 9.98. The van der Waals surface area contributed by atoms with Gasteiger partial charge in [-0.05, 0) is 37.1 Å². The molecule has 0 bridgehead atoms. The molecule has 0 aliphatic heterocycles. The molecule has 1 atom stereocenters. The highest BCUT2D eigenvalue weighted by Gasteiger charge is 2.17. The molecule has 3 nitrogen and oxygen atoms in total. The first kappa shape index (κ1) is 17.8. The summed E-state index contributed by atoms with van der Waals surface area (Å²) in [7, 11) is 1.38. The average Bonchev–Trinajstić information content (AvgIpc) is 2.65. The van der Waals surface area contributed by atoms with Crippen LogP contribution in [0, 0.1) is 11.8 Å². The predicted octanol–water partition coefficient (Wildman–Crippen LogP) is 3.78. The van der Waals surface area contributed by atoms with E-state index in [2.05, 4.69) is 43.1 Å². The van der Waals surface area contributed by atoms with Crippen molar-refractivity contribution in [1.29, 1.82) is 0 Å². The molecule has 0 aromatic heterocycles. The standard InChI is InChI=1S/C21H23NO2/c1-4-21(2,22-16-18-9-6-5-7-10-18)14-13-17-11-8-12-19(15-17)20(23)24-3/h5-12,15,22H,4,16H2,1-3H3. The molecule has 0 amide bonds. The van der Waals surface area contributed by atoms with E-state index in [1.54, 1.807) is 12.1 Å². The molecule has 0 aliphatic rings. The van der Waals surface area contributed by atoms with Crippen molar-refractivity contribution in [1.82, 2.24) is 5.32 Å². The minimum Gasteiger partial charge on any atom is -0.465 e. The van der Waals surface area contributed by atoms with E-state index >= 15 is 0 Å². The van der Waals surface area contributed by atoms with Crippen LogP contribution < -0.4 is 5.32 Å². The smallest absolute Gasteiger partial charge is 0.337 e. The van der Waals surface area contributed by atoms with E-state index in [0.29, 0.717) is 5.56 Å². The van der Waals surface area contributed by atoms with Gasteiger partial charge in [-0.15, -0.1) is 0 Å². The van der Waals surface area contributed by atoms with Crippen molar-refractivity contribution >= 4 is 5.97 Å². The van der Waals surface area contributed by atoms with Crippen molar-refractivity contribution in [3.63, 3.8) is 0 Å². The summed E-state index contributed by atoms with van der Waals surface area (Å²) >= 11 is 0. The summed E-state index contributed by atoms with van der Waals surface area (Å²) in [5.41, 5.74) is 2.25. The molecule has 0 fully saturated rings. The van der Waals surface area contributed by atoms with Crippen molar-refractivity contribution in [2.45, 2.75) is 32.4 Å². The normalized spacial score (nSPS) is 12.6. The van der Waals surface area contributed by atoms with E-state index in [0.717, 1.165) is 18.5 Å². The summed E-state index contributed by atoms with van der Waals surface area (Å²) in [6, 6.07) is 17.5. The second kappa shape index (κ2) is 8.33. The number of nitrogens with one attached hydrogen (secondary N) is 1. The highest BCUT2D eigenvalue weighted by atomic mass is 16.5. The molecule has 3 heteroatoms. The van der Waals surface area contributed by atoms with Crippen molar-refractivity contribution in [2.75, 3.05) is 7.11 Å². The van der Waals surface area contributed by atoms with E-state index in [-0.39, 0.29) is 11.5 Å². The van der Waals surface area contributed by atoms with Crippen LogP contribution in [0.4, 0.5) is 0 Å². The number of ether oxygens (including phenoxy) is 1. The van der Waals surface area contributed by atoms with Crippen LogP contribution in [0.1, 0.15) is 41.8 Å². The van der Waals surface area contributed by atoms with Crippen LogP contribution in [-0.2, 0) is 11.3 Å². The average molecular weight is 321 g/mol. The summed E-state index contributed by atoms with van der Waals surface area (Å²) in [6.45, 7) is 4.96. The molecular weight excluding hydrogens is 298 g/mol. The highest BCUT2D eigenvalue weighted by molar-refractivity contribution is 5.89. The van der Waals surface area contributed by atoms with Gasteiger partial charge in [-0.25, -0.2) is 4.79 Å². The molecule has 2 aromatic rings. The fourth-order valence-electron chi connectivity index (χ4n) is 2.20. The number of hydrogen-bond donors (Lipinski definition) is 1. The number of esters is 1. The molecule has 0 spiro atoms. The maximum absolute atomic E-state index is 11.6. The number of hydrogen-bond acceptors (Lipinski definition) is 3. The SMILES string of the molecule is CCC(C)(C#Cc1cccc(C(=O)OC)c1)NCc1ccccc1. The first-order chi connectivity index (χ1) is 11.6. The largest absolute Gasteiger partial charge is 0.465 e. The van der Waals surface area contributed by atoms with Gasteiger partial charge in [0.25, 0.3) is 0 Å². The Labute approximate surface area is 144 Å². The third kappa shape index (κ3) is 4.97. The van der Waals surface area contributed by atoms with Crippen molar-refractivity contribution in [2.24, 2.45) is 0 Å². The fraction of sp³-hybridized carbons (Fsp3) is 0.286. The van der Waals surface area contributed by atoms with Crippen LogP contribution in [0.3, 0.4) is 0 Å². The Morgan fingerprint density at radius 1 is 1.17 bits per heavy atom. The van der Waals surface area contributed by atoms with Gasteiger partial charge < -0.3 is 4.74 Å². The maximum atomic E-state index is 11.6. The van der Waals surface area contributed by atoms with Gasteiger partial charge in [0.05, 0.1) is 18.2 Å². The summed E-state index contributed by atoms with van der Waals surface area (Å²) in [4.78, 5) is 11.6. The van der Waals surface area contributed by atoms with E-state index in [9.17, 15) is 4.79 Å². The van der Waals surface area contributed by atoms with Gasteiger partial charge in [0, 0.05) is 12.1 Å². The third-order valence-corrected chi connectivity index (χ3v) is 4.00. The Morgan fingerprint density at radius 2 is 1.92 bits per heavy atom. The van der Waals surface area contributed by atoms with E-state index in [1.807, 2.05) is 30.3 Å². The van der Waals surface area contributed by atoms with E-state index in [4.69, 9.17) is 4.74 Å². The van der Waals surface area contributed by atoms with Gasteiger partial charge in [-0.3, -0.25) is 5.32 Å². The molecule has 0 saturated heterocycles. The summed E-state index contributed by atoms with van der Waals surface area (Å²) in [5.74, 6) is 6.13. The maximum Gasteiger partial charge on any atom is 0.337 e. The second-order valence-electron chi connectivity index (χ2n) is 5.85. The van der Waals surface area contributed by atoms with Crippen LogP contribution in [0.25, 0.3) is 0 Å². The van der Waals surface area contributed by atoms with Gasteiger partial charge in [0.15, 0.2) is 0 Å². The zero-order valence-corrected chi connectivity index (χ0v) is 14.4. The Morgan fingerprint density at radius 3 is 2.58 bits per heavy atom. The molecule has 2 rings (SSSR count). The molecule has 0 heterocycles. The second-order valence-corrected chi connectivity index (χ2v) is 5.85. The Bertz CT molecular complexity index is 743. The topological polar surface area (TPSA) is 38.3 Å². The highest BCUT2D eigenvalue weighted by Crippen LogP contribution is 2.11. The lowest BCUT2D eigenvalue weighted by Gasteiger charge is -2.23. The van der Waals surface area contributed by atoms with Crippen molar-refractivity contribution in [3.8, 4) is 11.8 Å². The third-order valence-electron chi connectivity index (χ3n) is 4.00. The van der Waals surface area contributed by atoms with Crippen LogP contribution in [0.15, 0.2) is 54.6 Å². The molecule has 0 aliphatic carbocycles. The molecule has 1 N–H and O–H groups in total. The lowest BCUT2D eigenvalue weighted by Crippen LogP contribution is -2.39. The Kier molecular flexibility index (Phi) is 6.17.